The largest absolute Gasteiger partial charge is 0.219 e. The Kier molecular flexibility index (Phi) is 2.71. The first kappa shape index (κ1) is 12.1. The van der Waals surface area contributed by atoms with Crippen LogP contribution in [0.3, 0.4) is 0 Å². The van der Waals surface area contributed by atoms with Gasteiger partial charge in [-0.2, -0.15) is 4.40 Å². The Morgan fingerprint density at radius 1 is 0.714 bits per heavy atom. The Balaban J connectivity index is 2.23. The minimum absolute atomic E-state index is 1.24. The maximum Gasteiger partial charge on any atom is 0.219 e. The number of hydrogen-bond acceptors (Lipinski definition) is 0. The predicted octanol–water partition coefficient (Wildman–Crippen LogP) is 4.55. The fraction of sp³-hybridized carbons (Fsp3) is 0.0500. The van der Waals surface area contributed by atoms with Gasteiger partial charge in [-0.25, -0.2) is 0 Å². The van der Waals surface area contributed by atoms with E-state index in [0.29, 0.717) is 0 Å². The zero-order chi connectivity index (χ0) is 14.2. The van der Waals surface area contributed by atoms with Crippen molar-refractivity contribution in [1.82, 2.24) is 0 Å². The summed E-state index contributed by atoms with van der Waals surface area (Å²) in [6.07, 6.45) is 0. The molecule has 21 heavy (non-hydrogen) atoms. The minimum atomic E-state index is 1.24. The molecule has 0 saturated heterocycles. The number of fused-ring (bicyclic) bond motifs is 3. The van der Waals surface area contributed by atoms with Gasteiger partial charge in [-0.15, -0.1) is 0 Å². The molecule has 0 spiro atoms. The van der Waals surface area contributed by atoms with Crippen molar-refractivity contribution in [1.29, 1.82) is 0 Å². The lowest BCUT2D eigenvalue weighted by atomic mass is 10.0. The van der Waals surface area contributed by atoms with Crippen molar-refractivity contribution < 1.29 is 4.40 Å². The molecule has 0 atom stereocenters. The summed E-state index contributed by atoms with van der Waals surface area (Å²) < 4.78 is 2.34. The second kappa shape index (κ2) is 4.71. The number of aromatic nitrogens is 1. The molecule has 2 heterocycles. The molecule has 0 N–H and O–H groups in total. The van der Waals surface area contributed by atoms with E-state index in [1.54, 1.807) is 0 Å². The molecule has 4 rings (SSSR count). The van der Waals surface area contributed by atoms with Crippen LogP contribution in [0.1, 0.15) is 5.69 Å². The molecule has 1 nitrogen and oxygen atoms in total. The second-order valence-electron chi connectivity index (χ2n) is 5.37. The van der Waals surface area contributed by atoms with Crippen LogP contribution < -0.4 is 4.40 Å². The van der Waals surface area contributed by atoms with Gasteiger partial charge in [0.15, 0.2) is 5.69 Å². The molecule has 1 heteroatoms. The minimum Gasteiger partial charge on any atom is -0.157 e. The van der Waals surface area contributed by atoms with E-state index in [1.807, 2.05) is 0 Å². The van der Waals surface area contributed by atoms with E-state index >= 15 is 0 Å². The van der Waals surface area contributed by atoms with Crippen LogP contribution in [-0.2, 0) is 0 Å². The van der Waals surface area contributed by atoms with E-state index < -0.39 is 0 Å². The van der Waals surface area contributed by atoms with E-state index in [2.05, 4.69) is 90.2 Å². The monoisotopic (exact) mass is 270 g/mol. The Hall–Kier alpha value is -2.67. The standard InChI is InChI=1S/C20H16N/c1-15-8-7-13-19-18-12-6-5-11-17(18)14-20(21(15)19)16-9-3-2-4-10-16/h2-14H,1H3/q+1. The second-order valence-corrected chi connectivity index (χ2v) is 5.37. The van der Waals surface area contributed by atoms with Crippen LogP contribution in [0.5, 0.6) is 0 Å². The molecule has 0 amide bonds. The third-order valence-corrected chi connectivity index (χ3v) is 4.02. The molecule has 0 unspecified atom stereocenters. The van der Waals surface area contributed by atoms with Gasteiger partial charge < -0.3 is 0 Å². The van der Waals surface area contributed by atoms with Gasteiger partial charge in [0.05, 0.1) is 5.39 Å². The Bertz CT molecular complexity index is 940. The lowest BCUT2D eigenvalue weighted by Crippen LogP contribution is -2.28. The first-order valence-corrected chi connectivity index (χ1v) is 7.23. The fourth-order valence-electron chi connectivity index (χ4n) is 3.04. The Labute approximate surface area is 124 Å². The molecule has 4 aromatic rings. The highest BCUT2D eigenvalue weighted by atomic mass is 14.9. The molecular weight excluding hydrogens is 254 g/mol. The van der Waals surface area contributed by atoms with Crippen LogP contribution >= 0.6 is 0 Å². The summed E-state index contributed by atoms with van der Waals surface area (Å²) in [5.41, 5.74) is 4.99. The highest BCUT2D eigenvalue weighted by Crippen LogP contribution is 2.24. The first-order chi connectivity index (χ1) is 10.3. The lowest BCUT2D eigenvalue weighted by Gasteiger charge is -2.06. The van der Waals surface area contributed by atoms with Crippen LogP contribution in [0.15, 0.2) is 78.9 Å². The van der Waals surface area contributed by atoms with Crippen molar-refractivity contribution in [3.63, 3.8) is 0 Å². The van der Waals surface area contributed by atoms with E-state index in [4.69, 9.17) is 0 Å². The average molecular weight is 270 g/mol. The zero-order valence-electron chi connectivity index (χ0n) is 12.0. The van der Waals surface area contributed by atoms with Gasteiger partial charge in [0, 0.05) is 30.7 Å². The highest BCUT2D eigenvalue weighted by molar-refractivity contribution is 5.95. The maximum atomic E-state index is 2.34. The van der Waals surface area contributed by atoms with Crippen molar-refractivity contribution >= 4 is 16.3 Å². The molecule has 0 fully saturated rings. The third kappa shape index (κ3) is 1.90. The average Bonchev–Trinajstić information content (AvgIpc) is 2.55. The molecule has 2 aromatic heterocycles. The van der Waals surface area contributed by atoms with Gasteiger partial charge in [-0.05, 0) is 29.7 Å². The molecular formula is C20H16N+. The quantitative estimate of drug-likeness (QED) is 0.353. The van der Waals surface area contributed by atoms with E-state index in [-0.39, 0.29) is 0 Å². The molecule has 0 bridgehead atoms. The summed E-state index contributed by atoms with van der Waals surface area (Å²) in [6.45, 7) is 2.16. The Morgan fingerprint density at radius 2 is 1.48 bits per heavy atom. The van der Waals surface area contributed by atoms with Crippen LogP contribution in [0.4, 0.5) is 0 Å². The van der Waals surface area contributed by atoms with Crippen molar-refractivity contribution in [2.24, 2.45) is 0 Å². The molecule has 0 aliphatic rings. The SMILES string of the molecule is Cc1cccc2c3ccccc3cc(-c3ccccc3)[n+]12. The summed E-state index contributed by atoms with van der Waals surface area (Å²) in [5, 5.41) is 2.57. The smallest absolute Gasteiger partial charge is 0.157 e. The summed E-state index contributed by atoms with van der Waals surface area (Å²) in [4.78, 5) is 0. The number of nitrogens with zero attached hydrogens (tertiary/aromatic N) is 1. The van der Waals surface area contributed by atoms with Gasteiger partial charge in [0.25, 0.3) is 0 Å². The number of hydrogen-bond donors (Lipinski definition) is 0. The van der Waals surface area contributed by atoms with Crippen LogP contribution in [-0.4, -0.2) is 0 Å². The van der Waals surface area contributed by atoms with Gasteiger partial charge in [-0.3, -0.25) is 0 Å². The van der Waals surface area contributed by atoms with Crippen molar-refractivity contribution in [3.05, 3.63) is 84.6 Å². The van der Waals surface area contributed by atoms with Crippen molar-refractivity contribution in [2.45, 2.75) is 6.92 Å². The molecule has 0 radical (unpaired) electrons. The van der Waals surface area contributed by atoms with Crippen molar-refractivity contribution in [3.8, 4) is 11.3 Å². The predicted molar refractivity (Wildman–Crippen MR) is 87.3 cm³/mol. The van der Waals surface area contributed by atoms with Gasteiger partial charge >= 0.3 is 0 Å². The number of benzene rings is 2. The fourth-order valence-corrected chi connectivity index (χ4v) is 3.04. The van der Waals surface area contributed by atoms with Gasteiger partial charge in [-0.1, -0.05) is 36.4 Å². The van der Waals surface area contributed by atoms with E-state index in [1.165, 1.54) is 33.2 Å². The van der Waals surface area contributed by atoms with E-state index in [0.717, 1.165) is 0 Å². The molecule has 0 aliphatic carbocycles. The summed E-state index contributed by atoms with van der Waals surface area (Å²) in [6, 6.07) is 27.9. The van der Waals surface area contributed by atoms with E-state index in [9.17, 15) is 0 Å². The number of pyridine rings is 2. The molecule has 0 saturated carbocycles. The Morgan fingerprint density at radius 3 is 2.33 bits per heavy atom. The third-order valence-electron chi connectivity index (χ3n) is 4.02. The molecule has 100 valence electrons. The molecule has 2 aromatic carbocycles. The highest BCUT2D eigenvalue weighted by Gasteiger charge is 2.17. The normalized spacial score (nSPS) is 11.1. The van der Waals surface area contributed by atoms with Crippen molar-refractivity contribution in [2.75, 3.05) is 0 Å². The summed E-state index contributed by atoms with van der Waals surface area (Å²) in [7, 11) is 0. The van der Waals surface area contributed by atoms with Gasteiger partial charge in [0.1, 0.15) is 0 Å². The van der Waals surface area contributed by atoms with Crippen LogP contribution in [0.25, 0.3) is 27.5 Å². The zero-order valence-corrected chi connectivity index (χ0v) is 12.0. The first-order valence-electron chi connectivity index (χ1n) is 7.23. The van der Waals surface area contributed by atoms with Gasteiger partial charge in [0.2, 0.25) is 11.2 Å². The summed E-state index contributed by atoms with van der Waals surface area (Å²) in [5.74, 6) is 0. The number of aryl methyl sites for hydroxylation is 1. The topological polar surface area (TPSA) is 4.10 Å². The van der Waals surface area contributed by atoms with Crippen LogP contribution in [0, 0.1) is 6.92 Å². The molecule has 0 aliphatic heterocycles. The maximum absolute atomic E-state index is 2.34. The lowest BCUT2D eigenvalue weighted by molar-refractivity contribution is -0.506. The van der Waals surface area contributed by atoms with Crippen LogP contribution in [0.2, 0.25) is 0 Å². The number of rotatable bonds is 1. The summed E-state index contributed by atoms with van der Waals surface area (Å²) >= 11 is 0.